The van der Waals surface area contributed by atoms with Crippen molar-refractivity contribution in [2.45, 2.75) is 31.7 Å². The van der Waals surface area contributed by atoms with E-state index in [2.05, 4.69) is 17.4 Å². The zero-order valence-corrected chi connectivity index (χ0v) is 14.0. The van der Waals surface area contributed by atoms with Gasteiger partial charge in [0.15, 0.2) is 0 Å². The van der Waals surface area contributed by atoms with Crippen LogP contribution in [-0.2, 0) is 16.0 Å². The molecule has 130 valence electrons. The maximum absolute atomic E-state index is 13.1. The first-order chi connectivity index (χ1) is 12.1. The Morgan fingerprint density at radius 3 is 2.56 bits per heavy atom. The standard InChI is InChI=1S/C20H21FN2O2/c21-16-8-10-17(11-9-16)23-18(12-13-19(23)24)20(25)22-14-4-7-15-5-2-1-3-6-15/h1-3,5-6,8-11,18H,4,7,12-14H2,(H,22,25). The van der Waals surface area contributed by atoms with Crippen LogP contribution in [0, 0.1) is 5.82 Å². The number of rotatable bonds is 6. The minimum absolute atomic E-state index is 0.101. The van der Waals surface area contributed by atoms with Gasteiger partial charge in [0.2, 0.25) is 11.8 Å². The largest absolute Gasteiger partial charge is 0.354 e. The van der Waals surface area contributed by atoms with Gasteiger partial charge in [0.25, 0.3) is 0 Å². The first-order valence-corrected chi connectivity index (χ1v) is 8.54. The molecule has 4 nitrogen and oxygen atoms in total. The lowest BCUT2D eigenvalue weighted by molar-refractivity contribution is -0.123. The topological polar surface area (TPSA) is 49.4 Å². The van der Waals surface area contributed by atoms with Crippen molar-refractivity contribution in [1.82, 2.24) is 5.32 Å². The van der Waals surface area contributed by atoms with Gasteiger partial charge in [-0.05, 0) is 49.1 Å². The minimum atomic E-state index is -0.519. The first kappa shape index (κ1) is 17.1. The van der Waals surface area contributed by atoms with Crippen LogP contribution in [0.1, 0.15) is 24.8 Å². The smallest absolute Gasteiger partial charge is 0.243 e. The minimum Gasteiger partial charge on any atom is -0.354 e. The fourth-order valence-corrected chi connectivity index (χ4v) is 3.12. The number of carbonyl (C=O) groups is 2. The fourth-order valence-electron chi connectivity index (χ4n) is 3.12. The van der Waals surface area contributed by atoms with E-state index in [9.17, 15) is 14.0 Å². The summed E-state index contributed by atoms with van der Waals surface area (Å²) in [6.45, 7) is 0.565. The van der Waals surface area contributed by atoms with Gasteiger partial charge in [-0.2, -0.15) is 0 Å². The molecule has 3 rings (SSSR count). The third kappa shape index (κ3) is 4.24. The lowest BCUT2D eigenvalue weighted by Crippen LogP contribution is -2.45. The number of hydrogen-bond donors (Lipinski definition) is 1. The van der Waals surface area contributed by atoms with E-state index in [0.717, 1.165) is 12.8 Å². The maximum Gasteiger partial charge on any atom is 0.243 e. The van der Waals surface area contributed by atoms with E-state index in [1.807, 2.05) is 18.2 Å². The molecular weight excluding hydrogens is 319 g/mol. The van der Waals surface area contributed by atoms with Gasteiger partial charge in [-0.25, -0.2) is 4.39 Å². The van der Waals surface area contributed by atoms with Crippen LogP contribution < -0.4 is 10.2 Å². The van der Waals surface area contributed by atoms with Crippen molar-refractivity contribution < 1.29 is 14.0 Å². The van der Waals surface area contributed by atoms with Crippen LogP contribution in [0.2, 0.25) is 0 Å². The van der Waals surface area contributed by atoms with E-state index in [1.165, 1.54) is 34.7 Å². The number of nitrogens with one attached hydrogen (secondary N) is 1. The molecule has 1 heterocycles. The normalized spacial score (nSPS) is 16.9. The van der Waals surface area contributed by atoms with Crippen LogP contribution in [0.3, 0.4) is 0 Å². The highest BCUT2D eigenvalue weighted by Crippen LogP contribution is 2.27. The Hall–Kier alpha value is -2.69. The molecule has 1 aliphatic rings. The summed E-state index contributed by atoms with van der Waals surface area (Å²) in [4.78, 5) is 26.1. The molecule has 1 N–H and O–H groups in total. The zero-order valence-electron chi connectivity index (χ0n) is 14.0. The molecule has 2 aromatic carbocycles. The first-order valence-electron chi connectivity index (χ1n) is 8.54. The molecular formula is C20H21FN2O2. The van der Waals surface area contributed by atoms with Crippen molar-refractivity contribution >= 4 is 17.5 Å². The number of carbonyl (C=O) groups excluding carboxylic acids is 2. The van der Waals surface area contributed by atoms with E-state index in [-0.39, 0.29) is 17.6 Å². The Kier molecular flexibility index (Phi) is 5.43. The van der Waals surface area contributed by atoms with Gasteiger partial charge < -0.3 is 5.32 Å². The van der Waals surface area contributed by atoms with E-state index in [4.69, 9.17) is 0 Å². The Bertz CT molecular complexity index is 731. The summed E-state index contributed by atoms with van der Waals surface area (Å²) in [5.74, 6) is -0.614. The number of anilines is 1. The van der Waals surface area contributed by atoms with Crippen molar-refractivity contribution in [3.8, 4) is 0 Å². The van der Waals surface area contributed by atoms with Crippen LogP contribution in [0.5, 0.6) is 0 Å². The summed E-state index contributed by atoms with van der Waals surface area (Å²) in [5.41, 5.74) is 1.80. The monoisotopic (exact) mass is 340 g/mol. The molecule has 2 amide bonds. The van der Waals surface area contributed by atoms with Gasteiger partial charge in [-0.15, -0.1) is 0 Å². The molecule has 2 aromatic rings. The summed E-state index contributed by atoms with van der Waals surface area (Å²) in [6, 6.07) is 15.3. The number of amides is 2. The van der Waals surface area contributed by atoms with Crippen molar-refractivity contribution in [3.05, 3.63) is 66.0 Å². The van der Waals surface area contributed by atoms with Gasteiger partial charge >= 0.3 is 0 Å². The van der Waals surface area contributed by atoms with Crippen LogP contribution in [0.25, 0.3) is 0 Å². The van der Waals surface area contributed by atoms with Crippen molar-refractivity contribution in [1.29, 1.82) is 0 Å². The lowest BCUT2D eigenvalue weighted by Gasteiger charge is -2.24. The highest BCUT2D eigenvalue weighted by Gasteiger charge is 2.36. The van der Waals surface area contributed by atoms with Crippen LogP contribution in [0.15, 0.2) is 54.6 Å². The molecule has 1 fully saturated rings. The molecule has 0 aromatic heterocycles. The summed E-state index contributed by atoms with van der Waals surface area (Å²) < 4.78 is 13.1. The molecule has 25 heavy (non-hydrogen) atoms. The Balaban J connectivity index is 1.55. The molecule has 0 radical (unpaired) electrons. The summed E-state index contributed by atoms with van der Waals surface area (Å²) in [7, 11) is 0. The van der Waals surface area contributed by atoms with Crippen LogP contribution >= 0.6 is 0 Å². The molecule has 1 atom stereocenters. The van der Waals surface area contributed by atoms with E-state index in [1.54, 1.807) is 0 Å². The quantitative estimate of drug-likeness (QED) is 0.822. The second-order valence-electron chi connectivity index (χ2n) is 6.17. The average molecular weight is 340 g/mol. The van der Waals surface area contributed by atoms with Gasteiger partial charge in [0.05, 0.1) is 0 Å². The van der Waals surface area contributed by atoms with Gasteiger partial charge in [0, 0.05) is 18.7 Å². The average Bonchev–Trinajstić information content (AvgIpc) is 3.02. The molecule has 1 unspecified atom stereocenters. The third-order valence-corrected chi connectivity index (χ3v) is 4.40. The molecule has 1 saturated heterocycles. The fraction of sp³-hybridized carbons (Fsp3) is 0.300. The van der Waals surface area contributed by atoms with Crippen molar-refractivity contribution in [2.75, 3.05) is 11.4 Å². The molecule has 0 aliphatic carbocycles. The third-order valence-electron chi connectivity index (χ3n) is 4.40. The molecule has 1 aliphatic heterocycles. The second kappa shape index (κ2) is 7.92. The second-order valence-corrected chi connectivity index (χ2v) is 6.17. The molecule has 5 heteroatoms. The Morgan fingerprint density at radius 2 is 1.84 bits per heavy atom. The van der Waals surface area contributed by atoms with Gasteiger partial charge in [-0.1, -0.05) is 30.3 Å². The van der Waals surface area contributed by atoms with Crippen molar-refractivity contribution in [3.63, 3.8) is 0 Å². The zero-order chi connectivity index (χ0) is 17.6. The highest BCUT2D eigenvalue weighted by molar-refractivity contribution is 6.03. The predicted molar refractivity (Wildman–Crippen MR) is 94.7 cm³/mol. The van der Waals surface area contributed by atoms with Gasteiger partial charge in [-0.3, -0.25) is 14.5 Å². The highest BCUT2D eigenvalue weighted by atomic mass is 19.1. The SMILES string of the molecule is O=C(NCCCc1ccccc1)C1CCC(=O)N1c1ccc(F)cc1. The Labute approximate surface area is 146 Å². The maximum atomic E-state index is 13.1. The van der Waals surface area contributed by atoms with Crippen molar-refractivity contribution in [2.24, 2.45) is 0 Å². The number of nitrogens with zero attached hydrogens (tertiary/aromatic N) is 1. The number of aryl methyl sites for hydroxylation is 1. The summed E-state index contributed by atoms with van der Waals surface area (Å²) in [6.07, 6.45) is 2.56. The predicted octanol–water partition coefficient (Wildman–Crippen LogP) is 3.07. The Morgan fingerprint density at radius 1 is 1.12 bits per heavy atom. The van der Waals surface area contributed by atoms with E-state index < -0.39 is 6.04 Å². The number of hydrogen-bond acceptors (Lipinski definition) is 2. The summed E-state index contributed by atoms with van der Waals surface area (Å²) >= 11 is 0. The molecule has 0 saturated carbocycles. The van der Waals surface area contributed by atoms with E-state index in [0.29, 0.717) is 25.1 Å². The summed E-state index contributed by atoms with van der Waals surface area (Å²) in [5, 5.41) is 2.92. The van der Waals surface area contributed by atoms with Crippen LogP contribution in [-0.4, -0.2) is 24.4 Å². The van der Waals surface area contributed by atoms with E-state index >= 15 is 0 Å². The molecule has 0 bridgehead atoms. The van der Waals surface area contributed by atoms with Crippen LogP contribution in [0.4, 0.5) is 10.1 Å². The number of benzene rings is 2. The lowest BCUT2D eigenvalue weighted by atomic mass is 10.1. The van der Waals surface area contributed by atoms with Gasteiger partial charge in [0.1, 0.15) is 11.9 Å². The number of halogens is 1. The molecule has 0 spiro atoms.